The van der Waals surface area contributed by atoms with Gasteiger partial charge in [0.2, 0.25) is 11.3 Å². The van der Waals surface area contributed by atoms with Crippen molar-refractivity contribution in [1.82, 2.24) is 14.9 Å². The van der Waals surface area contributed by atoms with Gasteiger partial charge in [0.1, 0.15) is 17.0 Å². The van der Waals surface area contributed by atoms with Crippen molar-refractivity contribution >= 4 is 46.0 Å². The third kappa shape index (κ3) is 4.74. The molecule has 4 rings (SSSR count). The number of aromatic nitrogens is 2. The SMILES string of the molecule is CCn1c(N)c(C(=O)NC)c(=O)c2ccc(-c3ccc(CC(=O)Nc4ccccc4Cl)cc3)nc21. The largest absolute Gasteiger partial charge is 0.384 e. The Bertz CT molecular complexity index is 1500. The normalized spacial score (nSPS) is 10.8. The van der Waals surface area contributed by atoms with Gasteiger partial charge in [0.25, 0.3) is 5.91 Å². The van der Waals surface area contributed by atoms with Gasteiger partial charge >= 0.3 is 0 Å². The van der Waals surface area contributed by atoms with Crippen LogP contribution in [0.25, 0.3) is 22.3 Å². The van der Waals surface area contributed by atoms with E-state index in [9.17, 15) is 14.4 Å². The summed E-state index contributed by atoms with van der Waals surface area (Å²) in [5.74, 6) is -0.632. The highest BCUT2D eigenvalue weighted by atomic mass is 35.5. The Kier molecular flexibility index (Phi) is 6.84. The van der Waals surface area contributed by atoms with E-state index in [0.717, 1.165) is 11.1 Å². The van der Waals surface area contributed by atoms with Crippen molar-refractivity contribution in [2.24, 2.45) is 0 Å². The van der Waals surface area contributed by atoms with Crippen LogP contribution >= 0.6 is 11.6 Å². The Hall–Kier alpha value is -4.17. The van der Waals surface area contributed by atoms with Gasteiger partial charge in [0.05, 0.1) is 28.2 Å². The third-order valence-corrected chi connectivity index (χ3v) is 6.01. The van der Waals surface area contributed by atoms with Gasteiger partial charge < -0.3 is 20.9 Å². The maximum absolute atomic E-state index is 12.9. The molecule has 0 saturated carbocycles. The molecule has 0 aliphatic carbocycles. The molecule has 0 bridgehead atoms. The van der Waals surface area contributed by atoms with Gasteiger partial charge in [-0.1, -0.05) is 48.0 Å². The van der Waals surface area contributed by atoms with Crippen molar-refractivity contribution in [3.63, 3.8) is 0 Å². The summed E-state index contributed by atoms with van der Waals surface area (Å²) in [6, 6.07) is 17.9. The number of nitrogen functional groups attached to an aromatic ring is 1. The first-order valence-corrected chi connectivity index (χ1v) is 11.4. The molecule has 0 radical (unpaired) electrons. The number of carbonyl (C=O) groups is 2. The number of amides is 2. The maximum atomic E-state index is 12.9. The molecule has 178 valence electrons. The lowest BCUT2D eigenvalue weighted by atomic mass is 10.1. The van der Waals surface area contributed by atoms with E-state index in [4.69, 9.17) is 17.3 Å². The fraction of sp³-hybridized carbons (Fsp3) is 0.154. The molecule has 0 spiro atoms. The van der Waals surface area contributed by atoms with Crippen LogP contribution in [0.4, 0.5) is 11.5 Å². The zero-order chi connectivity index (χ0) is 25.1. The summed E-state index contributed by atoms with van der Waals surface area (Å²) in [5, 5.41) is 6.07. The number of pyridine rings is 2. The van der Waals surface area contributed by atoms with Crippen LogP contribution in [-0.2, 0) is 17.8 Å². The van der Waals surface area contributed by atoms with Crippen LogP contribution < -0.4 is 21.8 Å². The molecule has 0 aliphatic heterocycles. The minimum Gasteiger partial charge on any atom is -0.384 e. The van der Waals surface area contributed by atoms with Crippen LogP contribution in [-0.4, -0.2) is 28.4 Å². The van der Waals surface area contributed by atoms with Crippen molar-refractivity contribution in [3.8, 4) is 11.3 Å². The first kappa shape index (κ1) is 24.0. The zero-order valence-electron chi connectivity index (χ0n) is 19.3. The van der Waals surface area contributed by atoms with Gasteiger partial charge in [0.15, 0.2) is 0 Å². The van der Waals surface area contributed by atoms with E-state index in [-0.39, 0.29) is 23.7 Å². The molecule has 2 amide bonds. The highest BCUT2D eigenvalue weighted by Crippen LogP contribution is 2.24. The molecule has 9 heteroatoms. The van der Waals surface area contributed by atoms with Gasteiger partial charge in [-0.3, -0.25) is 14.4 Å². The number of rotatable bonds is 6. The highest BCUT2D eigenvalue weighted by molar-refractivity contribution is 6.33. The zero-order valence-corrected chi connectivity index (χ0v) is 20.0. The standard InChI is InChI=1S/C26H24ClN5O3/c1-3-32-24(28)22(26(35)29-2)23(34)17-12-13-19(31-25(17)32)16-10-8-15(9-11-16)14-21(33)30-20-7-5-4-6-18(20)27/h4-13H,3,14,28H2,1-2H3,(H,29,35)(H,30,33). The lowest BCUT2D eigenvalue weighted by Gasteiger charge is -2.15. The number of benzene rings is 2. The molecule has 0 unspecified atom stereocenters. The fourth-order valence-corrected chi connectivity index (χ4v) is 4.08. The van der Waals surface area contributed by atoms with Gasteiger partial charge in [0, 0.05) is 19.2 Å². The lowest BCUT2D eigenvalue weighted by Crippen LogP contribution is -2.30. The molecule has 2 aromatic carbocycles. The number of fused-ring (bicyclic) bond motifs is 1. The third-order valence-electron chi connectivity index (χ3n) is 5.68. The number of hydrogen-bond acceptors (Lipinski definition) is 5. The van der Waals surface area contributed by atoms with Crippen molar-refractivity contribution in [2.75, 3.05) is 18.1 Å². The quantitative estimate of drug-likeness (QED) is 0.380. The van der Waals surface area contributed by atoms with E-state index >= 15 is 0 Å². The summed E-state index contributed by atoms with van der Waals surface area (Å²) in [7, 11) is 1.45. The number of anilines is 2. The average molecular weight is 490 g/mol. The second-order valence-corrected chi connectivity index (χ2v) is 8.29. The molecule has 4 N–H and O–H groups in total. The molecule has 0 saturated heterocycles. The molecular formula is C26H24ClN5O3. The summed E-state index contributed by atoms with van der Waals surface area (Å²) < 4.78 is 1.65. The number of nitrogens with zero attached hydrogens (tertiary/aromatic N) is 2. The maximum Gasteiger partial charge on any atom is 0.258 e. The van der Waals surface area contributed by atoms with Crippen LogP contribution in [0.5, 0.6) is 0 Å². The molecule has 0 fully saturated rings. The van der Waals surface area contributed by atoms with Crippen LogP contribution in [0.2, 0.25) is 5.02 Å². The number of hydrogen-bond donors (Lipinski definition) is 3. The number of para-hydroxylation sites is 1. The van der Waals surface area contributed by atoms with E-state index in [0.29, 0.717) is 34.0 Å². The highest BCUT2D eigenvalue weighted by Gasteiger charge is 2.20. The minimum absolute atomic E-state index is 0.0777. The Morgan fingerprint density at radius 1 is 1.06 bits per heavy atom. The lowest BCUT2D eigenvalue weighted by molar-refractivity contribution is -0.115. The second-order valence-electron chi connectivity index (χ2n) is 7.88. The van der Waals surface area contributed by atoms with Crippen LogP contribution in [0, 0.1) is 0 Å². The first-order chi connectivity index (χ1) is 16.8. The number of halogens is 1. The van der Waals surface area contributed by atoms with Crippen molar-refractivity contribution in [3.05, 3.63) is 87.0 Å². The van der Waals surface area contributed by atoms with E-state index in [2.05, 4.69) is 15.6 Å². The predicted molar refractivity (Wildman–Crippen MR) is 139 cm³/mol. The molecule has 2 aromatic heterocycles. The topological polar surface area (TPSA) is 119 Å². The van der Waals surface area contributed by atoms with E-state index < -0.39 is 11.3 Å². The molecule has 0 aliphatic rings. The molecular weight excluding hydrogens is 466 g/mol. The monoisotopic (exact) mass is 489 g/mol. The number of nitrogens with two attached hydrogens (primary N) is 1. The number of aryl methyl sites for hydroxylation is 1. The van der Waals surface area contributed by atoms with Gasteiger partial charge in [-0.25, -0.2) is 4.98 Å². The van der Waals surface area contributed by atoms with Gasteiger partial charge in [-0.15, -0.1) is 0 Å². The van der Waals surface area contributed by atoms with E-state index in [1.165, 1.54) is 7.05 Å². The Morgan fingerprint density at radius 3 is 2.43 bits per heavy atom. The second kappa shape index (κ2) is 9.99. The van der Waals surface area contributed by atoms with Crippen LogP contribution in [0.1, 0.15) is 22.8 Å². The fourth-order valence-electron chi connectivity index (χ4n) is 3.89. The summed E-state index contributed by atoms with van der Waals surface area (Å²) in [5.41, 5.74) is 8.87. The van der Waals surface area contributed by atoms with Crippen molar-refractivity contribution < 1.29 is 9.59 Å². The number of carbonyl (C=O) groups excluding carboxylic acids is 2. The number of nitrogens with one attached hydrogen (secondary N) is 2. The van der Waals surface area contributed by atoms with Gasteiger partial charge in [-0.05, 0) is 36.8 Å². The van der Waals surface area contributed by atoms with Crippen molar-refractivity contribution in [2.45, 2.75) is 19.9 Å². The molecule has 2 heterocycles. The Balaban J connectivity index is 1.62. The Morgan fingerprint density at radius 2 is 1.77 bits per heavy atom. The van der Waals surface area contributed by atoms with Crippen LogP contribution in [0.15, 0.2) is 65.5 Å². The molecule has 4 aromatic rings. The van der Waals surface area contributed by atoms with E-state index in [1.54, 1.807) is 41.0 Å². The van der Waals surface area contributed by atoms with Crippen LogP contribution in [0.3, 0.4) is 0 Å². The summed E-state index contributed by atoms with van der Waals surface area (Å²) in [4.78, 5) is 42.2. The molecule has 35 heavy (non-hydrogen) atoms. The smallest absolute Gasteiger partial charge is 0.258 e. The predicted octanol–water partition coefficient (Wildman–Crippen LogP) is 3.86. The van der Waals surface area contributed by atoms with E-state index in [1.807, 2.05) is 31.2 Å². The molecule has 0 atom stereocenters. The summed E-state index contributed by atoms with van der Waals surface area (Å²) in [6.45, 7) is 2.30. The average Bonchev–Trinajstić information content (AvgIpc) is 2.86. The molecule has 8 nitrogen and oxygen atoms in total. The van der Waals surface area contributed by atoms with Crippen molar-refractivity contribution in [1.29, 1.82) is 0 Å². The summed E-state index contributed by atoms with van der Waals surface area (Å²) in [6.07, 6.45) is 0.185. The van der Waals surface area contributed by atoms with Gasteiger partial charge in [-0.2, -0.15) is 0 Å². The summed E-state index contributed by atoms with van der Waals surface area (Å²) >= 11 is 6.10. The Labute approximate surface area is 206 Å². The minimum atomic E-state index is -0.533. The first-order valence-electron chi connectivity index (χ1n) is 11.0.